The van der Waals surface area contributed by atoms with Gasteiger partial charge in [-0.1, -0.05) is 13.0 Å². The number of benzene rings is 1. The van der Waals surface area contributed by atoms with E-state index in [4.69, 9.17) is 0 Å². The Balaban J connectivity index is 1.87. The minimum absolute atomic E-state index is 0.0576. The van der Waals surface area contributed by atoms with Crippen LogP contribution >= 0.6 is 0 Å². The minimum atomic E-state index is -4.41. The van der Waals surface area contributed by atoms with Gasteiger partial charge in [0.1, 0.15) is 5.41 Å². The van der Waals surface area contributed by atoms with E-state index in [-0.39, 0.29) is 17.6 Å². The predicted octanol–water partition coefficient (Wildman–Crippen LogP) is 5.00. The fourth-order valence-corrected chi connectivity index (χ4v) is 3.26. The third kappa shape index (κ3) is 3.91. The lowest BCUT2D eigenvalue weighted by Gasteiger charge is -2.27. The number of aryl methyl sites for hydroxylation is 1. The van der Waals surface area contributed by atoms with Crippen LogP contribution in [0.1, 0.15) is 60.5 Å². The molecule has 1 amide bonds. The molecule has 0 fully saturated rings. The second-order valence-electron chi connectivity index (χ2n) is 7.97. The first-order chi connectivity index (χ1) is 14.0. The SMILES string of the molecule is CC[C@@H](NC(=O)c1ccc2nc(C(C)(C)C(F)(F)F)ccc2c1)c1cnn(C)c1C. The summed E-state index contributed by atoms with van der Waals surface area (Å²) in [6, 6.07) is 7.56. The molecule has 0 bridgehead atoms. The molecule has 0 saturated heterocycles. The molecule has 0 aliphatic heterocycles. The second kappa shape index (κ2) is 7.74. The molecule has 0 radical (unpaired) electrons. The van der Waals surface area contributed by atoms with Crippen LogP contribution in [0.2, 0.25) is 0 Å². The molecule has 1 aromatic carbocycles. The molecule has 0 spiro atoms. The summed E-state index contributed by atoms with van der Waals surface area (Å²) in [6.45, 7) is 6.13. The van der Waals surface area contributed by atoms with Crippen molar-refractivity contribution in [2.24, 2.45) is 7.05 Å². The first-order valence-electron chi connectivity index (χ1n) is 9.73. The molecule has 2 heterocycles. The van der Waals surface area contributed by atoms with Gasteiger partial charge in [0.15, 0.2) is 0 Å². The van der Waals surface area contributed by atoms with Crippen LogP contribution in [0.5, 0.6) is 0 Å². The molecular weight excluding hydrogens is 393 g/mol. The van der Waals surface area contributed by atoms with E-state index in [0.29, 0.717) is 22.9 Å². The van der Waals surface area contributed by atoms with E-state index in [2.05, 4.69) is 15.4 Å². The van der Waals surface area contributed by atoms with Crippen LogP contribution in [0.4, 0.5) is 13.2 Å². The van der Waals surface area contributed by atoms with Crippen molar-refractivity contribution in [2.75, 3.05) is 0 Å². The van der Waals surface area contributed by atoms with Crippen LogP contribution in [0.3, 0.4) is 0 Å². The molecule has 30 heavy (non-hydrogen) atoms. The van der Waals surface area contributed by atoms with Crippen molar-refractivity contribution < 1.29 is 18.0 Å². The van der Waals surface area contributed by atoms with Gasteiger partial charge in [0.05, 0.1) is 23.4 Å². The monoisotopic (exact) mass is 418 g/mol. The van der Waals surface area contributed by atoms with Gasteiger partial charge in [0, 0.05) is 29.3 Å². The number of halogens is 3. The summed E-state index contributed by atoms with van der Waals surface area (Å²) in [7, 11) is 1.85. The topological polar surface area (TPSA) is 59.8 Å². The number of carbonyl (C=O) groups is 1. The van der Waals surface area contributed by atoms with Crippen molar-refractivity contribution in [1.82, 2.24) is 20.1 Å². The first kappa shape index (κ1) is 21.8. The maximum absolute atomic E-state index is 13.3. The van der Waals surface area contributed by atoms with Crippen molar-refractivity contribution in [3.8, 4) is 0 Å². The van der Waals surface area contributed by atoms with E-state index in [1.54, 1.807) is 35.1 Å². The summed E-state index contributed by atoms with van der Waals surface area (Å²) in [5.74, 6) is -0.258. The Morgan fingerprint density at radius 3 is 2.47 bits per heavy atom. The summed E-state index contributed by atoms with van der Waals surface area (Å²) in [5.41, 5.74) is 0.647. The van der Waals surface area contributed by atoms with Gasteiger partial charge >= 0.3 is 6.18 Å². The van der Waals surface area contributed by atoms with Gasteiger partial charge in [0.25, 0.3) is 5.91 Å². The Morgan fingerprint density at radius 1 is 1.20 bits per heavy atom. The maximum atomic E-state index is 13.3. The largest absolute Gasteiger partial charge is 0.399 e. The molecule has 0 saturated carbocycles. The summed E-state index contributed by atoms with van der Waals surface area (Å²) < 4.78 is 41.7. The molecule has 0 unspecified atom stereocenters. The Kier molecular flexibility index (Phi) is 5.62. The Bertz CT molecular complexity index is 1090. The molecule has 8 heteroatoms. The van der Waals surface area contributed by atoms with Crippen molar-refractivity contribution in [3.05, 3.63) is 59.0 Å². The fourth-order valence-electron chi connectivity index (χ4n) is 3.26. The average Bonchev–Trinajstić information content (AvgIpc) is 3.02. The number of nitrogens with one attached hydrogen (secondary N) is 1. The molecule has 160 valence electrons. The van der Waals surface area contributed by atoms with E-state index >= 15 is 0 Å². The smallest absolute Gasteiger partial charge is 0.345 e. The predicted molar refractivity (Wildman–Crippen MR) is 109 cm³/mol. The average molecular weight is 418 g/mol. The second-order valence-corrected chi connectivity index (χ2v) is 7.97. The lowest BCUT2D eigenvalue weighted by atomic mass is 9.87. The van der Waals surface area contributed by atoms with Crippen LogP contribution in [-0.4, -0.2) is 26.8 Å². The zero-order chi connectivity index (χ0) is 22.3. The summed E-state index contributed by atoms with van der Waals surface area (Å²) in [6.07, 6.45) is -1.96. The number of rotatable bonds is 5. The summed E-state index contributed by atoms with van der Waals surface area (Å²) >= 11 is 0. The Morgan fingerprint density at radius 2 is 1.90 bits per heavy atom. The number of fused-ring (bicyclic) bond motifs is 1. The summed E-state index contributed by atoms with van der Waals surface area (Å²) in [4.78, 5) is 17.0. The van der Waals surface area contributed by atoms with Crippen LogP contribution in [-0.2, 0) is 12.5 Å². The highest BCUT2D eigenvalue weighted by Gasteiger charge is 2.49. The number of pyridine rings is 1. The van der Waals surface area contributed by atoms with E-state index in [0.717, 1.165) is 25.1 Å². The third-order valence-electron chi connectivity index (χ3n) is 5.66. The quantitative estimate of drug-likeness (QED) is 0.635. The molecule has 3 rings (SSSR count). The van der Waals surface area contributed by atoms with E-state index in [1.807, 2.05) is 20.9 Å². The van der Waals surface area contributed by atoms with Gasteiger partial charge in [-0.3, -0.25) is 14.5 Å². The minimum Gasteiger partial charge on any atom is -0.345 e. The van der Waals surface area contributed by atoms with Gasteiger partial charge < -0.3 is 5.32 Å². The fraction of sp³-hybridized carbons (Fsp3) is 0.409. The molecule has 5 nitrogen and oxygen atoms in total. The van der Waals surface area contributed by atoms with Crippen molar-refractivity contribution in [1.29, 1.82) is 0 Å². The van der Waals surface area contributed by atoms with Gasteiger partial charge in [-0.25, -0.2) is 0 Å². The molecule has 0 aliphatic rings. The van der Waals surface area contributed by atoms with Gasteiger partial charge in [-0.15, -0.1) is 0 Å². The Labute approximate surface area is 173 Å². The molecule has 3 aromatic rings. The number of carbonyl (C=O) groups excluding carboxylic acids is 1. The van der Waals surface area contributed by atoms with Crippen LogP contribution < -0.4 is 5.32 Å². The molecule has 1 atom stereocenters. The number of nitrogens with zero attached hydrogens (tertiary/aromatic N) is 3. The van der Waals surface area contributed by atoms with Crippen molar-refractivity contribution in [3.63, 3.8) is 0 Å². The zero-order valence-corrected chi connectivity index (χ0v) is 17.6. The number of aromatic nitrogens is 3. The van der Waals surface area contributed by atoms with Crippen LogP contribution in [0.25, 0.3) is 10.9 Å². The lowest BCUT2D eigenvalue weighted by molar-refractivity contribution is -0.181. The number of hydrogen-bond acceptors (Lipinski definition) is 3. The van der Waals surface area contributed by atoms with Crippen LogP contribution in [0.15, 0.2) is 36.5 Å². The molecule has 0 aliphatic carbocycles. The zero-order valence-electron chi connectivity index (χ0n) is 17.6. The number of amides is 1. The van der Waals surface area contributed by atoms with E-state index < -0.39 is 11.6 Å². The maximum Gasteiger partial charge on any atom is 0.399 e. The Hall–Kier alpha value is -2.90. The van der Waals surface area contributed by atoms with Crippen molar-refractivity contribution >= 4 is 16.8 Å². The first-order valence-corrected chi connectivity index (χ1v) is 9.73. The van der Waals surface area contributed by atoms with Crippen LogP contribution in [0, 0.1) is 6.92 Å². The molecule has 1 N–H and O–H groups in total. The highest BCUT2D eigenvalue weighted by atomic mass is 19.4. The van der Waals surface area contributed by atoms with E-state index in [1.165, 1.54) is 6.07 Å². The number of hydrogen-bond donors (Lipinski definition) is 1. The van der Waals surface area contributed by atoms with Crippen molar-refractivity contribution in [2.45, 2.75) is 51.7 Å². The highest BCUT2D eigenvalue weighted by Crippen LogP contribution is 2.40. The van der Waals surface area contributed by atoms with Gasteiger partial charge in [0.2, 0.25) is 0 Å². The lowest BCUT2D eigenvalue weighted by Crippen LogP contribution is -2.37. The standard InChI is InChI=1S/C22H25F3N4O/c1-6-17(16-12-26-29(5)13(16)2)28-20(30)15-7-9-18-14(11-15)8-10-19(27-18)21(3,4)22(23,24)25/h7-12,17H,6H2,1-5H3,(H,28,30)/t17-/m1/s1. The summed E-state index contributed by atoms with van der Waals surface area (Å²) in [5, 5.41) is 7.85. The van der Waals surface area contributed by atoms with Gasteiger partial charge in [-0.2, -0.15) is 18.3 Å². The van der Waals surface area contributed by atoms with Gasteiger partial charge in [-0.05, 0) is 51.5 Å². The van der Waals surface area contributed by atoms with E-state index in [9.17, 15) is 18.0 Å². The third-order valence-corrected chi connectivity index (χ3v) is 5.66. The number of alkyl halides is 3. The molecule has 2 aromatic heterocycles. The highest BCUT2D eigenvalue weighted by molar-refractivity contribution is 5.98. The normalized spacial score (nSPS) is 13.5. The molecular formula is C22H25F3N4O.